The Bertz CT molecular complexity index is 104. The highest BCUT2D eigenvalue weighted by Gasteiger charge is 2.26. The minimum absolute atomic E-state index is 0.459. The fraction of sp³-hybridized carbons (Fsp3) is 1.00. The maximum atomic E-state index is 6.12. The number of unbranched alkanes of at least 4 members (excludes halogenated alkanes) is 1. The summed E-state index contributed by atoms with van der Waals surface area (Å²) >= 11 is 6.12. The van der Waals surface area contributed by atoms with Gasteiger partial charge in [0, 0.05) is 5.88 Å². The molecule has 0 aromatic carbocycles. The van der Waals surface area contributed by atoms with Gasteiger partial charge in [-0.1, -0.05) is 46.5 Å². The van der Waals surface area contributed by atoms with Crippen LogP contribution in [0, 0.1) is 5.41 Å². The molecule has 0 saturated heterocycles. The first-order chi connectivity index (χ1) is 6.24. The highest BCUT2D eigenvalue weighted by molar-refractivity contribution is 6.18. The molecule has 0 amide bonds. The Morgan fingerprint density at radius 1 is 0.846 bits per heavy atom. The zero-order chi connectivity index (χ0) is 10.2. The second-order valence-electron chi connectivity index (χ2n) is 4.24. The lowest BCUT2D eigenvalue weighted by atomic mass is 9.77. The van der Waals surface area contributed by atoms with Gasteiger partial charge in [0.1, 0.15) is 0 Å². The van der Waals surface area contributed by atoms with E-state index < -0.39 is 0 Å². The number of alkyl halides is 1. The second kappa shape index (κ2) is 7.67. The van der Waals surface area contributed by atoms with Gasteiger partial charge in [-0.15, -0.1) is 11.6 Å². The zero-order valence-electron chi connectivity index (χ0n) is 9.53. The molecule has 0 aliphatic rings. The topological polar surface area (TPSA) is 0 Å². The molecule has 0 atom stereocenters. The van der Waals surface area contributed by atoms with E-state index in [0.717, 1.165) is 5.88 Å². The molecule has 0 radical (unpaired) electrons. The summed E-state index contributed by atoms with van der Waals surface area (Å²) in [7, 11) is 0. The van der Waals surface area contributed by atoms with Gasteiger partial charge in [-0.25, -0.2) is 0 Å². The standard InChI is InChI=1S/C12H25Cl/c1-4-7-10-12(11-13,8-5-2)9-6-3/h4-11H2,1-3H3. The maximum absolute atomic E-state index is 6.12. The van der Waals surface area contributed by atoms with Crippen LogP contribution >= 0.6 is 11.6 Å². The number of hydrogen-bond acceptors (Lipinski definition) is 0. The van der Waals surface area contributed by atoms with Crippen LogP contribution in [0.25, 0.3) is 0 Å². The predicted octanol–water partition coefficient (Wildman–Crippen LogP) is 5.00. The van der Waals surface area contributed by atoms with E-state index in [-0.39, 0.29) is 0 Å². The average Bonchev–Trinajstić information content (AvgIpc) is 2.15. The number of rotatable bonds is 8. The van der Waals surface area contributed by atoms with Crippen LogP contribution < -0.4 is 0 Å². The Morgan fingerprint density at radius 3 is 1.69 bits per heavy atom. The molecule has 13 heavy (non-hydrogen) atoms. The van der Waals surface area contributed by atoms with E-state index in [1.54, 1.807) is 0 Å². The maximum Gasteiger partial charge on any atom is 0.0279 e. The van der Waals surface area contributed by atoms with Crippen molar-refractivity contribution in [3.05, 3.63) is 0 Å². The van der Waals surface area contributed by atoms with Crippen molar-refractivity contribution >= 4 is 11.6 Å². The molecule has 1 heteroatoms. The van der Waals surface area contributed by atoms with E-state index >= 15 is 0 Å². The highest BCUT2D eigenvalue weighted by atomic mass is 35.5. The average molecular weight is 205 g/mol. The summed E-state index contributed by atoms with van der Waals surface area (Å²) in [5, 5.41) is 0. The molecular formula is C12H25Cl. The summed E-state index contributed by atoms with van der Waals surface area (Å²) in [5.41, 5.74) is 0.459. The fourth-order valence-corrected chi connectivity index (χ4v) is 2.59. The zero-order valence-corrected chi connectivity index (χ0v) is 10.3. The molecule has 0 aromatic heterocycles. The van der Waals surface area contributed by atoms with Gasteiger partial charge < -0.3 is 0 Å². The van der Waals surface area contributed by atoms with Gasteiger partial charge in [0.15, 0.2) is 0 Å². The van der Waals surface area contributed by atoms with Gasteiger partial charge in [0.05, 0.1) is 0 Å². The summed E-state index contributed by atoms with van der Waals surface area (Å²) in [4.78, 5) is 0. The lowest BCUT2D eigenvalue weighted by molar-refractivity contribution is 0.242. The van der Waals surface area contributed by atoms with Gasteiger partial charge in [-0.3, -0.25) is 0 Å². The van der Waals surface area contributed by atoms with Gasteiger partial charge in [-0.2, -0.15) is 0 Å². The van der Waals surface area contributed by atoms with Crippen LogP contribution in [0.5, 0.6) is 0 Å². The first-order valence-electron chi connectivity index (χ1n) is 5.80. The molecule has 0 fully saturated rings. The second-order valence-corrected chi connectivity index (χ2v) is 4.50. The van der Waals surface area contributed by atoms with E-state index in [2.05, 4.69) is 20.8 Å². The normalized spacial score (nSPS) is 12.0. The van der Waals surface area contributed by atoms with Crippen molar-refractivity contribution in [3.8, 4) is 0 Å². The lowest BCUT2D eigenvalue weighted by Crippen LogP contribution is -2.22. The van der Waals surface area contributed by atoms with Crippen molar-refractivity contribution in [3.63, 3.8) is 0 Å². The van der Waals surface area contributed by atoms with Crippen molar-refractivity contribution in [2.24, 2.45) is 5.41 Å². The number of halogens is 1. The molecule has 80 valence electrons. The Labute approximate surface area is 89.1 Å². The molecule has 0 aromatic rings. The molecule has 0 spiro atoms. The molecule has 0 bridgehead atoms. The molecule has 0 N–H and O–H groups in total. The number of hydrogen-bond donors (Lipinski definition) is 0. The van der Waals surface area contributed by atoms with Crippen molar-refractivity contribution in [2.45, 2.75) is 65.7 Å². The summed E-state index contributed by atoms with van der Waals surface area (Å²) in [5.74, 6) is 0.856. The third-order valence-corrected chi connectivity index (χ3v) is 3.47. The molecule has 0 unspecified atom stereocenters. The van der Waals surface area contributed by atoms with Crippen LogP contribution in [0.1, 0.15) is 65.7 Å². The molecule has 0 nitrogen and oxygen atoms in total. The van der Waals surface area contributed by atoms with E-state index in [9.17, 15) is 0 Å². The smallest absolute Gasteiger partial charge is 0.0279 e. The molecule has 0 heterocycles. The van der Waals surface area contributed by atoms with Gasteiger partial charge >= 0.3 is 0 Å². The van der Waals surface area contributed by atoms with E-state index in [1.165, 1.54) is 44.9 Å². The third-order valence-electron chi connectivity index (χ3n) is 2.90. The van der Waals surface area contributed by atoms with Crippen LogP contribution in [-0.4, -0.2) is 5.88 Å². The van der Waals surface area contributed by atoms with E-state index in [4.69, 9.17) is 11.6 Å². The molecule has 0 aliphatic heterocycles. The summed E-state index contributed by atoms with van der Waals surface area (Å²) in [6.07, 6.45) is 9.13. The van der Waals surface area contributed by atoms with Gasteiger partial charge in [-0.05, 0) is 24.7 Å². The Kier molecular flexibility index (Phi) is 7.84. The third kappa shape index (κ3) is 4.90. The predicted molar refractivity (Wildman–Crippen MR) is 62.5 cm³/mol. The van der Waals surface area contributed by atoms with Crippen molar-refractivity contribution < 1.29 is 0 Å². The molecule has 0 aliphatic carbocycles. The van der Waals surface area contributed by atoms with Crippen LogP contribution in [-0.2, 0) is 0 Å². The Hall–Kier alpha value is 0.290. The highest BCUT2D eigenvalue weighted by Crippen LogP contribution is 2.36. The largest absolute Gasteiger partial charge is 0.126 e. The Balaban J connectivity index is 4.07. The van der Waals surface area contributed by atoms with Crippen LogP contribution in [0.15, 0.2) is 0 Å². The monoisotopic (exact) mass is 204 g/mol. The molecular weight excluding hydrogens is 180 g/mol. The summed E-state index contributed by atoms with van der Waals surface area (Å²) in [6, 6.07) is 0. The van der Waals surface area contributed by atoms with Crippen molar-refractivity contribution in [1.29, 1.82) is 0 Å². The molecule has 0 rings (SSSR count). The van der Waals surface area contributed by atoms with E-state index in [0.29, 0.717) is 5.41 Å². The lowest BCUT2D eigenvalue weighted by Gasteiger charge is -2.31. The van der Waals surface area contributed by atoms with Crippen molar-refractivity contribution in [1.82, 2.24) is 0 Å². The Morgan fingerprint density at radius 2 is 1.38 bits per heavy atom. The van der Waals surface area contributed by atoms with Crippen LogP contribution in [0.2, 0.25) is 0 Å². The SMILES string of the molecule is CCCCC(CCl)(CCC)CCC. The summed E-state index contributed by atoms with van der Waals surface area (Å²) in [6.45, 7) is 6.79. The quantitative estimate of drug-likeness (QED) is 0.488. The van der Waals surface area contributed by atoms with Crippen LogP contribution in [0.4, 0.5) is 0 Å². The first-order valence-corrected chi connectivity index (χ1v) is 6.34. The molecule has 0 saturated carbocycles. The van der Waals surface area contributed by atoms with Gasteiger partial charge in [0.25, 0.3) is 0 Å². The minimum Gasteiger partial charge on any atom is -0.126 e. The summed E-state index contributed by atoms with van der Waals surface area (Å²) < 4.78 is 0. The minimum atomic E-state index is 0.459. The van der Waals surface area contributed by atoms with Crippen LogP contribution in [0.3, 0.4) is 0 Å². The fourth-order valence-electron chi connectivity index (χ4n) is 2.19. The van der Waals surface area contributed by atoms with Crippen molar-refractivity contribution in [2.75, 3.05) is 5.88 Å². The van der Waals surface area contributed by atoms with Gasteiger partial charge in [0.2, 0.25) is 0 Å². The first kappa shape index (κ1) is 13.3. The van der Waals surface area contributed by atoms with E-state index in [1.807, 2.05) is 0 Å².